The van der Waals surface area contributed by atoms with Gasteiger partial charge in [0, 0.05) is 22.3 Å². The number of anilines is 1. The molecule has 0 bridgehead atoms. The second-order valence-electron chi connectivity index (χ2n) is 5.63. The van der Waals surface area contributed by atoms with E-state index in [4.69, 9.17) is 5.26 Å². The lowest BCUT2D eigenvalue weighted by Crippen LogP contribution is -2.37. The van der Waals surface area contributed by atoms with Crippen LogP contribution in [0.25, 0.3) is 0 Å². The normalized spacial score (nSPS) is 20.3. The summed E-state index contributed by atoms with van der Waals surface area (Å²) in [6, 6.07) is 9.65. The van der Waals surface area contributed by atoms with E-state index in [1.165, 1.54) is 0 Å². The molecule has 1 fully saturated rings. The van der Waals surface area contributed by atoms with Crippen LogP contribution in [-0.4, -0.2) is 24.6 Å². The summed E-state index contributed by atoms with van der Waals surface area (Å²) in [6.45, 7) is 0.0780. The maximum Gasteiger partial charge on any atom is 0.224 e. The zero-order valence-corrected chi connectivity index (χ0v) is 13.8. The Morgan fingerprint density at radius 2 is 2.22 bits per heavy atom. The molecular weight excluding hydrogens is 310 g/mol. The Kier molecular flexibility index (Phi) is 6.95. The average molecular weight is 331 g/mol. The maximum absolute atomic E-state index is 12.2. The molecule has 2 rings (SSSR count). The smallest absolute Gasteiger partial charge is 0.224 e. The molecule has 5 nitrogen and oxygen atoms in total. The van der Waals surface area contributed by atoms with Crippen LogP contribution >= 0.6 is 11.8 Å². The van der Waals surface area contributed by atoms with Gasteiger partial charge in [-0.25, -0.2) is 0 Å². The van der Waals surface area contributed by atoms with Gasteiger partial charge in [0.15, 0.2) is 0 Å². The number of hydrogen-bond donors (Lipinski definition) is 2. The van der Waals surface area contributed by atoms with Crippen LogP contribution in [0.2, 0.25) is 0 Å². The van der Waals surface area contributed by atoms with Crippen LogP contribution in [0.3, 0.4) is 0 Å². The van der Waals surface area contributed by atoms with E-state index in [0.29, 0.717) is 12.3 Å². The first-order chi connectivity index (χ1) is 11.2. The Bertz CT molecular complexity index is 585. The topological polar surface area (TPSA) is 82.0 Å². The summed E-state index contributed by atoms with van der Waals surface area (Å²) in [4.78, 5) is 23.8. The lowest BCUT2D eigenvalue weighted by atomic mass is 9.80. The van der Waals surface area contributed by atoms with Crippen molar-refractivity contribution in [3.8, 4) is 6.07 Å². The fourth-order valence-corrected chi connectivity index (χ4v) is 4.15. The molecule has 1 aromatic rings. The quantitative estimate of drug-likeness (QED) is 0.457. The summed E-state index contributed by atoms with van der Waals surface area (Å²) in [5.41, 5.74) is 0.775. The number of nitrogens with zero attached hydrogens (tertiary/aromatic N) is 1. The van der Waals surface area contributed by atoms with E-state index in [2.05, 4.69) is 10.6 Å². The highest BCUT2D eigenvalue weighted by Gasteiger charge is 2.30. The first-order valence-corrected chi connectivity index (χ1v) is 8.81. The molecule has 2 unspecified atom stereocenters. The van der Waals surface area contributed by atoms with Crippen molar-refractivity contribution >= 4 is 29.8 Å². The number of hydrogen-bond acceptors (Lipinski definition) is 4. The highest BCUT2D eigenvalue weighted by molar-refractivity contribution is 7.99. The number of carbonyl (C=O) groups excluding carboxylic acids is 2. The van der Waals surface area contributed by atoms with Crippen LogP contribution in [0, 0.1) is 23.2 Å². The van der Waals surface area contributed by atoms with Crippen LogP contribution in [0.5, 0.6) is 0 Å². The summed E-state index contributed by atoms with van der Waals surface area (Å²) in [5, 5.41) is 13.9. The van der Waals surface area contributed by atoms with Crippen LogP contribution in [0.1, 0.15) is 25.7 Å². The minimum absolute atomic E-state index is 0.000817. The van der Waals surface area contributed by atoms with Gasteiger partial charge in [-0.1, -0.05) is 18.9 Å². The largest absolute Gasteiger partial charge is 0.343 e. The summed E-state index contributed by atoms with van der Waals surface area (Å²) in [5.74, 6) is 1.21. The first-order valence-electron chi connectivity index (χ1n) is 7.82. The second-order valence-corrected chi connectivity index (χ2v) is 6.72. The SMILES string of the molecule is N#CCNC(=O)C1CCCCC1CSc1cccc(NC=O)c1. The lowest BCUT2D eigenvalue weighted by molar-refractivity contribution is -0.127. The summed E-state index contributed by atoms with van der Waals surface area (Å²) < 4.78 is 0. The molecule has 0 saturated heterocycles. The molecule has 1 aliphatic carbocycles. The zero-order chi connectivity index (χ0) is 16.5. The highest BCUT2D eigenvalue weighted by Crippen LogP contribution is 2.35. The lowest BCUT2D eigenvalue weighted by Gasteiger charge is -2.30. The molecule has 2 N–H and O–H groups in total. The molecule has 6 heteroatoms. The van der Waals surface area contributed by atoms with Crippen LogP contribution < -0.4 is 10.6 Å². The number of amides is 2. The molecule has 0 spiro atoms. The number of nitrogens with one attached hydrogen (secondary N) is 2. The fraction of sp³-hybridized carbons (Fsp3) is 0.471. The number of carbonyl (C=O) groups is 2. The molecule has 1 saturated carbocycles. The third-order valence-electron chi connectivity index (χ3n) is 4.11. The van der Waals surface area contributed by atoms with Gasteiger partial charge in [0.1, 0.15) is 6.54 Å². The number of nitriles is 1. The van der Waals surface area contributed by atoms with Crippen molar-refractivity contribution in [3.05, 3.63) is 24.3 Å². The summed E-state index contributed by atoms with van der Waals surface area (Å²) in [6.07, 6.45) is 4.84. The fourth-order valence-electron chi connectivity index (χ4n) is 2.96. The number of thioether (sulfide) groups is 1. The van der Waals surface area contributed by atoms with Gasteiger partial charge in [-0.3, -0.25) is 9.59 Å². The van der Waals surface area contributed by atoms with E-state index in [1.54, 1.807) is 11.8 Å². The first kappa shape index (κ1) is 17.4. The van der Waals surface area contributed by atoms with Crippen LogP contribution in [-0.2, 0) is 9.59 Å². The maximum atomic E-state index is 12.2. The van der Waals surface area contributed by atoms with Gasteiger partial charge in [-0.05, 0) is 37.0 Å². The molecule has 0 radical (unpaired) electrons. The van der Waals surface area contributed by atoms with Gasteiger partial charge in [0.25, 0.3) is 0 Å². The minimum Gasteiger partial charge on any atom is -0.343 e. The van der Waals surface area contributed by atoms with Gasteiger partial charge >= 0.3 is 0 Å². The molecule has 0 aromatic heterocycles. The monoisotopic (exact) mass is 331 g/mol. The zero-order valence-electron chi connectivity index (χ0n) is 13.0. The van der Waals surface area contributed by atoms with E-state index in [1.807, 2.05) is 30.3 Å². The van der Waals surface area contributed by atoms with E-state index in [9.17, 15) is 9.59 Å². The molecular formula is C17H21N3O2S. The highest BCUT2D eigenvalue weighted by atomic mass is 32.2. The van der Waals surface area contributed by atoms with E-state index in [0.717, 1.165) is 42.0 Å². The van der Waals surface area contributed by atoms with Crippen molar-refractivity contribution in [2.75, 3.05) is 17.6 Å². The Morgan fingerprint density at radius 1 is 1.39 bits per heavy atom. The van der Waals surface area contributed by atoms with Crippen molar-refractivity contribution < 1.29 is 9.59 Å². The van der Waals surface area contributed by atoms with Gasteiger partial charge < -0.3 is 10.6 Å². The van der Waals surface area contributed by atoms with Crippen LogP contribution in [0.4, 0.5) is 5.69 Å². The van der Waals surface area contributed by atoms with Gasteiger partial charge in [-0.2, -0.15) is 5.26 Å². The number of benzene rings is 1. The molecule has 0 aliphatic heterocycles. The van der Waals surface area contributed by atoms with Crippen molar-refractivity contribution in [3.63, 3.8) is 0 Å². The average Bonchev–Trinajstić information content (AvgIpc) is 2.59. The third kappa shape index (κ3) is 5.29. The van der Waals surface area contributed by atoms with Gasteiger partial charge in [0.2, 0.25) is 12.3 Å². The van der Waals surface area contributed by atoms with Crippen molar-refractivity contribution in [2.45, 2.75) is 30.6 Å². The van der Waals surface area contributed by atoms with Crippen molar-refractivity contribution in [1.29, 1.82) is 5.26 Å². The summed E-state index contributed by atoms with van der Waals surface area (Å²) >= 11 is 1.71. The molecule has 122 valence electrons. The molecule has 2 atom stereocenters. The van der Waals surface area contributed by atoms with E-state index >= 15 is 0 Å². The van der Waals surface area contributed by atoms with Crippen molar-refractivity contribution in [2.24, 2.45) is 11.8 Å². The second kappa shape index (κ2) is 9.21. The molecule has 2 amide bonds. The van der Waals surface area contributed by atoms with Gasteiger partial charge in [0.05, 0.1) is 6.07 Å². The molecule has 23 heavy (non-hydrogen) atoms. The standard InChI is InChI=1S/C17H21N3O2S/c18-8-9-19-17(22)16-7-2-1-4-13(16)11-23-15-6-3-5-14(10-15)20-12-21/h3,5-6,10,12-13,16H,1-2,4,7,9,11H2,(H,19,22)(H,20,21). The predicted octanol–water partition coefficient (Wildman–Crippen LogP) is 2.79. The third-order valence-corrected chi connectivity index (χ3v) is 5.29. The Balaban J connectivity index is 1.94. The minimum atomic E-state index is 0.000817. The molecule has 0 heterocycles. The van der Waals surface area contributed by atoms with E-state index in [-0.39, 0.29) is 18.4 Å². The van der Waals surface area contributed by atoms with Crippen molar-refractivity contribution in [1.82, 2.24) is 5.32 Å². The Labute approximate surface area is 140 Å². The predicted molar refractivity (Wildman–Crippen MR) is 90.9 cm³/mol. The van der Waals surface area contributed by atoms with Gasteiger partial charge in [-0.15, -0.1) is 11.8 Å². The Hall–Kier alpha value is -2.00. The summed E-state index contributed by atoms with van der Waals surface area (Å²) in [7, 11) is 0. The van der Waals surface area contributed by atoms with Crippen LogP contribution in [0.15, 0.2) is 29.2 Å². The molecule has 1 aliphatic rings. The van der Waals surface area contributed by atoms with E-state index < -0.39 is 0 Å². The molecule has 1 aromatic carbocycles. The number of rotatable bonds is 7. The Morgan fingerprint density at radius 3 is 3.00 bits per heavy atom.